The molecule has 0 unspecified atom stereocenters. The Morgan fingerprint density at radius 2 is 2.12 bits per heavy atom. The zero-order valence-corrected chi connectivity index (χ0v) is 10.3. The monoisotopic (exact) mass is 315 g/mol. The Morgan fingerprint density at radius 3 is 2.53 bits per heavy atom. The summed E-state index contributed by atoms with van der Waals surface area (Å²) in [6.07, 6.45) is -4.84. The van der Waals surface area contributed by atoms with Gasteiger partial charge in [0.1, 0.15) is 5.69 Å². The number of aliphatic hydroxyl groups is 1. The fraction of sp³-hybridized carbons (Fsp3) is 0.444. The van der Waals surface area contributed by atoms with Crippen molar-refractivity contribution in [2.45, 2.75) is 18.3 Å². The molecule has 0 saturated carbocycles. The summed E-state index contributed by atoms with van der Waals surface area (Å²) in [7, 11) is 1.33. The van der Waals surface area contributed by atoms with Crippen LogP contribution < -0.4 is 9.47 Å². The lowest BCUT2D eigenvalue weighted by Crippen LogP contribution is -2.19. The first kappa shape index (κ1) is 14.0. The summed E-state index contributed by atoms with van der Waals surface area (Å²) in [5.41, 5.74) is -0.0330. The molecule has 4 nitrogen and oxygen atoms in total. The van der Waals surface area contributed by atoms with Crippen LogP contribution in [0.1, 0.15) is 11.3 Å². The van der Waals surface area contributed by atoms with Crippen molar-refractivity contribution in [2.75, 3.05) is 7.11 Å². The van der Waals surface area contributed by atoms with Gasteiger partial charge in [-0.25, -0.2) is 4.98 Å². The molecule has 17 heavy (non-hydrogen) atoms. The van der Waals surface area contributed by atoms with E-state index in [2.05, 4.69) is 25.7 Å². The molecule has 0 radical (unpaired) electrons. The molecule has 1 heterocycles. The third-order valence-electron chi connectivity index (χ3n) is 1.82. The van der Waals surface area contributed by atoms with Gasteiger partial charge in [-0.05, 0) is 0 Å². The second-order valence-electron chi connectivity index (χ2n) is 2.94. The quantitative estimate of drug-likeness (QED) is 0.867. The van der Waals surface area contributed by atoms with E-state index in [9.17, 15) is 13.2 Å². The van der Waals surface area contributed by atoms with Crippen LogP contribution in [-0.2, 0) is 11.9 Å². The van der Waals surface area contributed by atoms with Gasteiger partial charge in [-0.3, -0.25) is 0 Å². The maximum Gasteiger partial charge on any atom is 0.573 e. The van der Waals surface area contributed by atoms with Crippen LogP contribution in [-0.4, -0.2) is 23.6 Å². The SMILES string of the molecule is COc1cc(CBr)c(OC(F)(F)F)c(CO)n1. The molecule has 0 fully saturated rings. The fourth-order valence-corrected chi connectivity index (χ4v) is 1.58. The molecule has 1 rings (SSSR count). The number of alkyl halides is 4. The van der Waals surface area contributed by atoms with Crippen LogP contribution in [0.4, 0.5) is 13.2 Å². The smallest absolute Gasteiger partial charge is 0.481 e. The number of rotatable bonds is 4. The number of hydrogen-bond donors (Lipinski definition) is 1. The van der Waals surface area contributed by atoms with Gasteiger partial charge < -0.3 is 14.6 Å². The van der Waals surface area contributed by atoms with Gasteiger partial charge >= 0.3 is 6.36 Å². The number of ether oxygens (including phenoxy) is 2. The van der Waals surface area contributed by atoms with E-state index in [1.165, 1.54) is 13.2 Å². The Hall–Kier alpha value is -1.02. The Labute approximate surface area is 103 Å². The molecule has 0 amide bonds. The summed E-state index contributed by atoms with van der Waals surface area (Å²) in [5, 5.41) is 9.09. The Morgan fingerprint density at radius 1 is 1.47 bits per heavy atom. The van der Waals surface area contributed by atoms with Crippen molar-refractivity contribution >= 4 is 15.9 Å². The standard InChI is InChI=1S/C9H9BrF3NO3/c1-16-7-2-5(3-10)8(6(4-15)14-7)17-9(11,12)13/h2,15H,3-4H2,1H3. The molecule has 1 N–H and O–H groups in total. The molecule has 0 aliphatic heterocycles. The van der Waals surface area contributed by atoms with Crippen molar-refractivity contribution in [2.24, 2.45) is 0 Å². The van der Waals surface area contributed by atoms with Crippen molar-refractivity contribution < 1.29 is 27.8 Å². The first-order valence-corrected chi connectivity index (χ1v) is 5.52. The highest BCUT2D eigenvalue weighted by Gasteiger charge is 2.33. The molecule has 96 valence electrons. The molecular weight excluding hydrogens is 307 g/mol. The van der Waals surface area contributed by atoms with Gasteiger partial charge in [0.15, 0.2) is 5.75 Å². The highest BCUT2D eigenvalue weighted by Crippen LogP contribution is 2.32. The number of aliphatic hydroxyl groups excluding tert-OH is 1. The highest BCUT2D eigenvalue weighted by molar-refractivity contribution is 9.08. The lowest BCUT2D eigenvalue weighted by molar-refractivity contribution is -0.275. The summed E-state index contributed by atoms with van der Waals surface area (Å²) in [6.45, 7) is -0.678. The van der Waals surface area contributed by atoms with E-state index in [0.29, 0.717) is 0 Å². The zero-order chi connectivity index (χ0) is 13.1. The molecule has 1 aromatic heterocycles. The summed E-state index contributed by atoms with van der Waals surface area (Å²) >= 11 is 3.03. The molecule has 0 saturated heterocycles. The average Bonchev–Trinajstić information content (AvgIpc) is 2.27. The van der Waals surface area contributed by atoms with E-state index in [1.807, 2.05) is 0 Å². The lowest BCUT2D eigenvalue weighted by atomic mass is 10.2. The molecule has 0 spiro atoms. The molecule has 0 aromatic carbocycles. The summed E-state index contributed by atoms with van der Waals surface area (Å²) < 4.78 is 45.2. The van der Waals surface area contributed by atoms with E-state index in [1.54, 1.807) is 0 Å². The predicted molar refractivity (Wildman–Crippen MR) is 56.0 cm³/mol. The number of pyridine rings is 1. The number of hydrogen-bond acceptors (Lipinski definition) is 4. The summed E-state index contributed by atoms with van der Waals surface area (Å²) in [6, 6.07) is 1.30. The van der Waals surface area contributed by atoms with Crippen LogP contribution in [0.5, 0.6) is 11.6 Å². The second-order valence-corrected chi connectivity index (χ2v) is 3.50. The number of nitrogens with zero attached hydrogens (tertiary/aromatic N) is 1. The molecule has 0 bridgehead atoms. The van der Waals surface area contributed by atoms with Gasteiger partial charge in [0.25, 0.3) is 0 Å². The highest BCUT2D eigenvalue weighted by atomic mass is 79.9. The molecule has 8 heteroatoms. The predicted octanol–water partition coefficient (Wildman–Crippen LogP) is 2.38. The fourth-order valence-electron chi connectivity index (χ4n) is 1.17. The van der Waals surface area contributed by atoms with Crippen LogP contribution in [0.2, 0.25) is 0 Å². The summed E-state index contributed by atoms with van der Waals surface area (Å²) in [5.74, 6) is -0.393. The van der Waals surface area contributed by atoms with Gasteiger partial charge in [-0.15, -0.1) is 13.2 Å². The van der Waals surface area contributed by atoms with Crippen LogP contribution in [0.15, 0.2) is 6.07 Å². The molecular formula is C9H9BrF3NO3. The van der Waals surface area contributed by atoms with E-state index in [4.69, 9.17) is 9.84 Å². The zero-order valence-electron chi connectivity index (χ0n) is 8.71. The Balaban J connectivity index is 3.24. The minimum absolute atomic E-state index is 0.109. The molecule has 0 aliphatic rings. The van der Waals surface area contributed by atoms with E-state index in [0.717, 1.165) is 0 Å². The van der Waals surface area contributed by atoms with E-state index < -0.39 is 18.7 Å². The van der Waals surface area contributed by atoms with Crippen LogP contribution >= 0.6 is 15.9 Å². The van der Waals surface area contributed by atoms with Crippen molar-refractivity contribution in [1.29, 1.82) is 0 Å². The third-order valence-corrected chi connectivity index (χ3v) is 2.42. The van der Waals surface area contributed by atoms with Crippen LogP contribution in [0.25, 0.3) is 0 Å². The van der Waals surface area contributed by atoms with Crippen molar-refractivity contribution in [3.05, 3.63) is 17.3 Å². The van der Waals surface area contributed by atoms with E-state index >= 15 is 0 Å². The normalized spacial score (nSPS) is 11.4. The van der Waals surface area contributed by atoms with Gasteiger partial charge in [0.05, 0.1) is 13.7 Å². The van der Waals surface area contributed by atoms with Crippen LogP contribution in [0, 0.1) is 0 Å². The Bertz CT molecular complexity index is 373. The topological polar surface area (TPSA) is 51.6 Å². The average molecular weight is 316 g/mol. The minimum Gasteiger partial charge on any atom is -0.481 e. The van der Waals surface area contributed by atoms with Gasteiger partial charge in [0.2, 0.25) is 5.88 Å². The maximum absolute atomic E-state index is 12.2. The third kappa shape index (κ3) is 3.74. The second kappa shape index (κ2) is 5.54. The first-order chi connectivity index (χ1) is 7.91. The molecule has 1 aromatic rings. The number of aromatic nitrogens is 1. The molecule has 0 aliphatic carbocycles. The van der Waals surface area contributed by atoms with E-state index in [-0.39, 0.29) is 22.5 Å². The van der Waals surface area contributed by atoms with Gasteiger partial charge in [0, 0.05) is 17.0 Å². The van der Waals surface area contributed by atoms with Crippen molar-refractivity contribution in [3.8, 4) is 11.6 Å². The Kier molecular flexibility index (Phi) is 4.58. The van der Waals surface area contributed by atoms with Crippen molar-refractivity contribution in [1.82, 2.24) is 4.98 Å². The van der Waals surface area contributed by atoms with Gasteiger partial charge in [-0.1, -0.05) is 15.9 Å². The van der Waals surface area contributed by atoms with Gasteiger partial charge in [-0.2, -0.15) is 0 Å². The largest absolute Gasteiger partial charge is 0.573 e. The van der Waals surface area contributed by atoms with Crippen LogP contribution in [0.3, 0.4) is 0 Å². The number of methoxy groups -OCH3 is 1. The summed E-state index contributed by atoms with van der Waals surface area (Å²) in [4.78, 5) is 3.68. The number of halogens is 4. The first-order valence-electron chi connectivity index (χ1n) is 4.40. The maximum atomic E-state index is 12.2. The minimum atomic E-state index is -4.84. The molecule has 0 atom stereocenters. The van der Waals surface area contributed by atoms with Crippen molar-refractivity contribution in [3.63, 3.8) is 0 Å². The lowest BCUT2D eigenvalue weighted by Gasteiger charge is -2.15.